The maximum atomic E-state index is 13.1. The Morgan fingerprint density at radius 2 is 1.83 bits per heavy atom. The Hall–Kier alpha value is -3.36. The van der Waals surface area contributed by atoms with Crippen molar-refractivity contribution in [1.29, 1.82) is 0 Å². The number of carbonyl (C=O) groups is 2. The van der Waals surface area contributed by atoms with Gasteiger partial charge in [0.15, 0.2) is 5.78 Å². The average molecular weight is 500 g/mol. The number of nitrogens with zero attached hydrogens (tertiary/aromatic N) is 2. The average Bonchev–Trinajstić information content (AvgIpc) is 3.05. The number of ether oxygens (including phenoxy) is 1. The number of anilines is 1. The van der Waals surface area contributed by atoms with E-state index >= 15 is 0 Å². The minimum atomic E-state index is -1.46. The lowest BCUT2D eigenvalue weighted by Crippen LogP contribution is -2.41. The summed E-state index contributed by atoms with van der Waals surface area (Å²) in [6.45, 7) is 5.10. The molecule has 0 aliphatic heterocycles. The number of rotatable bonds is 9. The highest BCUT2D eigenvalue weighted by molar-refractivity contribution is 6.31. The minimum Gasteiger partial charge on any atom is -0.496 e. The van der Waals surface area contributed by atoms with Crippen LogP contribution in [0.3, 0.4) is 0 Å². The van der Waals surface area contributed by atoms with E-state index in [1.54, 1.807) is 56.8 Å². The molecule has 0 fully saturated rings. The molecule has 3 rings (SSSR count). The lowest BCUT2D eigenvalue weighted by molar-refractivity contribution is -0.130. The monoisotopic (exact) mass is 499 g/mol. The molecule has 0 radical (unpaired) electrons. The summed E-state index contributed by atoms with van der Waals surface area (Å²) in [6.07, 6.45) is -1.17. The maximum absolute atomic E-state index is 13.1. The largest absolute Gasteiger partial charge is 0.496 e. The predicted octanol–water partition coefficient (Wildman–Crippen LogP) is 4.14. The molecule has 9 heteroatoms. The van der Waals surface area contributed by atoms with E-state index in [9.17, 15) is 19.5 Å². The maximum Gasteiger partial charge on any atom is 0.295 e. The van der Waals surface area contributed by atoms with Crippen molar-refractivity contribution >= 4 is 29.0 Å². The highest BCUT2D eigenvalue weighted by Crippen LogP contribution is 2.31. The normalized spacial score (nSPS) is 12.3. The van der Waals surface area contributed by atoms with Gasteiger partial charge in [-0.1, -0.05) is 43.6 Å². The number of Topliss-reactive ketones (excluding diaryl/α,β-unsaturated/α-hetero) is 1. The Bertz CT molecular complexity index is 1290. The smallest absolute Gasteiger partial charge is 0.295 e. The van der Waals surface area contributed by atoms with Gasteiger partial charge in [-0.3, -0.25) is 19.1 Å². The van der Waals surface area contributed by atoms with Gasteiger partial charge >= 0.3 is 0 Å². The molecule has 186 valence electrons. The summed E-state index contributed by atoms with van der Waals surface area (Å²) in [6, 6.07) is 13.8. The van der Waals surface area contributed by atoms with Gasteiger partial charge in [-0.25, -0.2) is 4.68 Å². The summed E-state index contributed by atoms with van der Waals surface area (Å²) in [5.74, 6) is -0.520. The van der Waals surface area contributed by atoms with Crippen LogP contribution in [0.25, 0.3) is 5.69 Å². The van der Waals surface area contributed by atoms with Crippen LogP contribution in [0.15, 0.2) is 53.3 Å². The molecule has 0 bridgehead atoms. The zero-order valence-electron chi connectivity index (χ0n) is 20.5. The third-order valence-electron chi connectivity index (χ3n) is 6.25. The highest BCUT2D eigenvalue weighted by Gasteiger charge is 2.35. The third kappa shape index (κ3) is 5.49. The molecule has 8 nitrogen and oxygen atoms in total. The molecular weight excluding hydrogens is 470 g/mol. The van der Waals surface area contributed by atoms with Crippen LogP contribution in [-0.2, 0) is 11.8 Å². The second kappa shape index (κ2) is 10.5. The second-order valence-electron chi connectivity index (χ2n) is 9.08. The summed E-state index contributed by atoms with van der Waals surface area (Å²) < 4.78 is 8.33. The summed E-state index contributed by atoms with van der Waals surface area (Å²) in [4.78, 5) is 38.8. The van der Waals surface area contributed by atoms with Crippen molar-refractivity contribution in [1.82, 2.24) is 9.36 Å². The number of methoxy groups -OCH3 is 1. The van der Waals surface area contributed by atoms with E-state index in [0.29, 0.717) is 27.7 Å². The number of aromatic nitrogens is 2. The lowest BCUT2D eigenvalue weighted by atomic mass is 9.80. The van der Waals surface area contributed by atoms with E-state index in [1.165, 1.54) is 17.9 Å². The van der Waals surface area contributed by atoms with Crippen LogP contribution in [0.2, 0.25) is 5.02 Å². The van der Waals surface area contributed by atoms with Gasteiger partial charge in [0, 0.05) is 23.9 Å². The number of aliphatic hydroxyl groups excluding tert-OH is 1. The van der Waals surface area contributed by atoms with Crippen molar-refractivity contribution in [2.24, 2.45) is 12.5 Å². The fourth-order valence-electron chi connectivity index (χ4n) is 3.86. The first-order valence-corrected chi connectivity index (χ1v) is 11.6. The molecule has 35 heavy (non-hydrogen) atoms. The van der Waals surface area contributed by atoms with E-state index in [1.807, 2.05) is 18.2 Å². The number of hydrogen-bond acceptors (Lipinski definition) is 5. The molecule has 1 unspecified atom stereocenters. The number of aliphatic hydroxyl groups is 1. The van der Waals surface area contributed by atoms with Crippen LogP contribution in [0, 0.1) is 12.3 Å². The van der Waals surface area contributed by atoms with Crippen molar-refractivity contribution in [3.05, 3.63) is 75.2 Å². The summed E-state index contributed by atoms with van der Waals surface area (Å²) in [5.41, 5.74) is 0.275. The molecule has 0 saturated heterocycles. The first kappa shape index (κ1) is 26.2. The number of hydrogen-bond donors (Lipinski definition) is 2. The predicted molar refractivity (Wildman–Crippen MR) is 136 cm³/mol. The van der Waals surface area contributed by atoms with Gasteiger partial charge in [-0.2, -0.15) is 0 Å². The topological polar surface area (TPSA) is 103 Å². The molecule has 1 aromatic heterocycles. The van der Waals surface area contributed by atoms with E-state index < -0.39 is 23.0 Å². The van der Waals surface area contributed by atoms with Crippen molar-refractivity contribution in [2.75, 3.05) is 12.4 Å². The van der Waals surface area contributed by atoms with Gasteiger partial charge in [0.25, 0.3) is 11.5 Å². The molecule has 1 amide bonds. The third-order valence-corrected chi connectivity index (χ3v) is 6.48. The Morgan fingerprint density at radius 3 is 2.46 bits per heavy atom. The van der Waals surface area contributed by atoms with Crippen LogP contribution >= 0.6 is 11.6 Å². The molecule has 0 aliphatic carbocycles. The molecule has 0 aliphatic rings. The van der Waals surface area contributed by atoms with Crippen molar-refractivity contribution in [2.45, 2.75) is 39.7 Å². The molecule has 1 atom stereocenters. The first-order valence-electron chi connectivity index (χ1n) is 11.2. The molecule has 3 aromatic rings. The molecule has 1 heterocycles. The van der Waals surface area contributed by atoms with Crippen LogP contribution in [-0.4, -0.2) is 39.4 Å². The fourth-order valence-corrected chi connectivity index (χ4v) is 4.04. The SMILES string of the molecule is COc1ccc(Cl)cc1C(=O)CCC(C)(C)C(O)C(=O)Nc1c(C)n(C)n(-c2ccccc2)c1=O. The minimum absolute atomic E-state index is 0.0687. The Kier molecular flexibility index (Phi) is 7.87. The van der Waals surface area contributed by atoms with E-state index in [4.69, 9.17) is 16.3 Å². The zero-order valence-corrected chi connectivity index (χ0v) is 21.2. The molecule has 0 saturated carbocycles. The Morgan fingerprint density at radius 1 is 1.17 bits per heavy atom. The summed E-state index contributed by atoms with van der Waals surface area (Å²) >= 11 is 6.02. The number of benzene rings is 2. The van der Waals surface area contributed by atoms with Crippen LogP contribution in [0.5, 0.6) is 5.75 Å². The van der Waals surface area contributed by atoms with Crippen LogP contribution in [0.1, 0.15) is 42.7 Å². The van der Waals surface area contributed by atoms with Gasteiger partial charge < -0.3 is 15.2 Å². The van der Waals surface area contributed by atoms with Crippen LogP contribution < -0.4 is 15.6 Å². The van der Waals surface area contributed by atoms with Gasteiger partial charge in [-0.15, -0.1) is 0 Å². The van der Waals surface area contributed by atoms with Crippen molar-refractivity contribution in [3.8, 4) is 11.4 Å². The zero-order chi connectivity index (χ0) is 25.9. The molecule has 2 aromatic carbocycles. The van der Waals surface area contributed by atoms with Crippen molar-refractivity contribution in [3.63, 3.8) is 0 Å². The highest BCUT2D eigenvalue weighted by atomic mass is 35.5. The number of carbonyl (C=O) groups excluding carboxylic acids is 2. The van der Waals surface area contributed by atoms with Crippen LogP contribution in [0.4, 0.5) is 5.69 Å². The first-order chi connectivity index (χ1) is 16.5. The van der Waals surface area contributed by atoms with E-state index in [0.717, 1.165) is 0 Å². The Balaban J connectivity index is 1.75. The summed E-state index contributed by atoms with van der Waals surface area (Å²) in [7, 11) is 3.19. The number of halogens is 1. The van der Waals surface area contributed by atoms with Gasteiger partial charge in [0.05, 0.1) is 24.1 Å². The molecular formula is C26H30ClN3O5. The van der Waals surface area contributed by atoms with Gasteiger partial charge in [-0.05, 0) is 43.7 Å². The standard InChI is InChI=1S/C26H30ClN3O5/c1-16-22(25(34)30(29(16)4)18-9-7-6-8-10-18)28-24(33)23(32)26(2,3)14-13-20(31)19-15-17(27)11-12-21(19)35-5/h6-12,15,23,32H,13-14H2,1-5H3,(H,28,33). The molecule has 2 N–H and O–H groups in total. The lowest BCUT2D eigenvalue weighted by Gasteiger charge is -2.29. The van der Waals surface area contributed by atoms with E-state index in [2.05, 4.69) is 5.32 Å². The number of amides is 1. The quantitative estimate of drug-likeness (QED) is 0.431. The Labute approximate surface area is 209 Å². The second-order valence-corrected chi connectivity index (χ2v) is 9.52. The number of ketones is 1. The van der Waals surface area contributed by atoms with Crippen molar-refractivity contribution < 1.29 is 19.4 Å². The van der Waals surface area contributed by atoms with Gasteiger partial charge in [0.1, 0.15) is 17.5 Å². The fraction of sp³-hybridized carbons (Fsp3) is 0.346. The summed E-state index contributed by atoms with van der Waals surface area (Å²) in [5, 5.41) is 13.8. The number of para-hydroxylation sites is 1. The molecule has 0 spiro atoms. The van der Waals surface area contributed by atoms with E-state index in [-0.39, 0.29) is 24.3 Å². The number of nitrogens with one attached hydrogen (secondary N) is 1. The van der Waals surface area contributed by atoms with Gasteiger partial charge in [0.2, 0.25) is 0 Å².